The molecule has 5 rings (SSSR count). The molecule has 2 aliphatic rings. The van der Waals surface area contributed by atoms with Crippen LogP contribution in [-0.2, 0) is 29.2 Å². The standard InChI is InChI=1S/C23H25N3O4S2/c1-14-19-21(24-18-8-4-3-5-11-26(18)22(19)27)31-20(14)23(28)25-12-6-7-15-13-16(32(2,29)30)9-10-17(15)25/h9-10,13H,3-8,11-12H2,1-2H3. The smallest absolute Gasteiger partial charge is 0.268 e. The Morgan fingerprint density at radius 1 is 1.09 bits per heavy atom. The molecule has 7 nitrogen and oxygen atoms in total. The Balaban J connectivity index is 1.59. The van der Waals surface area contributed by atoms with Crippen LogP contribution in [0.5, 0.6) is 0 Å². The average Bonchev–Trinajstić information content (AvgIpc) is 2.93. The van der Waals surface area contributed by atoms with E-state index in [0.717, 1.165) is 55.6 Å². The first kappa shape index (κ1) is 21.3. The van der Waals surface area contributed by atoms with Crippen molar-refractivity contribution in [2.24, 2.45) is 0 Å². The molecule has 2 aliphatic heterocycles. The van der Waals surface area contributed by atoms with Crippen molar-refractivity contribution >= 4 is 43.0 Å². The van der Waals surface area contributed by atoms with E-state index in [9.17, 15) is 18.0 Å². The molecule has 4 heterocycles. The minimum absolute atomic E-state index is 0.0449. The Morgan fingerprint density at radius 3 is 2.69 bits per heavy atom. The lowest BCUT2D eigenvalue weighted by molar-refractivity contribution is 0.0988. The first-order valence-electron chi connectivity index (χ1n) is 10.9. The minimum Gasteiger partial charge on any atom is -0.307 e. The van der Waals surface area contributed by atoms with Gasteiger partial charge in [-0.25, -0.2) is 13.4 Å². The third-order valence-electron chi connectivity index (χ3n) is 6.45. The highest BCUT2D eigenvalue weighted by Crippen LogP contribution is 2.34. The highest BCUT2D eigenvalue weighted by atomic mass is 32.2. The number of thiophene rings is 1. The summed E-state index contributed by atoms with van der Waals surface area (Å²) in [6.45, 7) is 3.06. The van der Waals surface area contributed by atoms with Gasteiger partial charge in [-0.15, -0.1) is 11.3 Å². The Morgan fingerprint density at radius 2 is 1.91 bits per heavy atom. The van der Waals surface area contributed by atoms with Crippen molar-refractivity contribution in [1.82, 2.24) is 9.55 Å². The van der Waals surface area contributed by atoms with Crippen LogP contribution in [0.3, 0.4) is 0 Å². The summed E-state index contributed by atoms with van der Waals surface area (Å²) in [6, 6.07) is 4.95. The summed E-state index contributed by atoms with van der Waals surface area (Å²) in [6.07, 6.45) is 6.54. The number of sulfone groups is 1. The van der Waals surface area contributed by atoms with Gasteiger partial charge in [0, 0.05) is 31.5 Å². The van der Waals surface area contributed by atoms with E-state index in [2.05, 4.69) is 0 Å². The number of aryl methyl sites for hydroxylation is 3. The molecule has 0 bridgehead atoms. The summed E-state index contributed by atoms with van der Waals surface area (Å²) < 4.78 is 25.7. The van der Waals surface area contributed by atoms with Crippen LogP contribution < -0.4 is 10.5 Å². The van der Waals surface area contributed by atoms with Crippen molar-refractivity contribution in [2.45, 2.75) is 56.9 Å². The zero-order valence-corrected chi connectivity index (χ0v) is 19.8. The molecule has 0 atom stereocenters. The summed E-state index contributed by atoms with van der Waals surface area (Å²) >= 11 is 1.29. The summed E-state index contributed by atoms with van der Waals surface area (Å²) in [5, 5.41) is 0.550. The number of carbonyl (C=O) groups is 1. The molecule has 0 saturated heterocycles. The fourth-order valence-electron chi connectivity index (χ4n) is 4.75. The monoisotopic (exact) mass is 471 g/mol. The number of hydrogen-bond donors (Lipinski definition) is 0. The second-order valence-electron chi connectivity index (χ2n) is 8.65. The van der Waals surface area contributed by atoms with Gasteiger partial charge in [0.05, 0.1) is 15.2 Å². The SMILES string of the molecule is Cc1c(C(=O)N2CCCc3cc(S(C)(=O)=O)ccc32)sc2nc3n(c(=O)c12)CCCCC3. The Bertz CT molecular complexity index is 1420. The predicted molar refractivity (Wildman–Crippen MR) is 126 cm³/mol. The summed E-state index contributed by atoms with van der Waals surface area (Å²) in [5.74, 6) is 0.662. The van der Waals surface area contributed by atoms with Gasteiger partial charge in [-0.2, -0.15) is 0 Å². The fourth-order valence-corrected chi connectivity index (χ4v) is 6.56. The maximum atomic E-state index is 13.6. The number of hydrogen-bond acceptors (Lipinski definition) is 6. The van der Waals surface area contributed by atoms with Crippen molar-refractivity contribution in [3.63, 3.8) is 0 Å². The number of carbonyl (C=O) groups excluding carboxylic acids is 1. The van der Waals surface area contributed by atoms with E-state index in [1.54, 1.807) is 27.7 Å². The van der Waals surface area contributed by atoms with E-state index in [-0.39, 0.29) is 16.4 Å². The minimum atomic E-state index is -3.31. The van der Waals surface area contributed by atoms with Crippen LogP contribution in [-0.4, -0.2) is 36.7 Å². The fraction of sp³-hybridized carbons (Fsp3) is 0.435. The van der Waals surface area contributed by atoms with E-state index in [1.807, 2.05) is 6.92 Å². The Hall–Kier alpha value is -2.52. The zero-order valence-electron chi connectivity index (χ0n) is 18.2. The van der Waals surface area contributed by atoms with Crippen molar-refractivity contribution in [3.8, 4) is 0 Å². The van der Waals surface area contributed by atoms with E-state index >= 15 is 0 Å². The molecule has 32 heavy (non-hydrogen) atoms. The molecule has 9 heteroatoms. The predicted octanol–water partition coefficient (Wildman–Crippen LogP) is 3.49. The molecular weight excluding hydrogens is 446 g/mol. The van der Waals surface area contributed by atoms with Gasteiger partial charge in [0.1, 0.15) is 10.7 Å². The maximum Gasteiger partial charge on any atom is 0.268 e. The van der Waals surface area contributed by atoms with E-state index in [4.69, 9.17) is 4.98 Å². The Kier molecular flexibility index (Phi) is 5.21. The molecule has 1 aromatic carbocycles. The highest BCUT2D eigenvalue weighted by molar-refractivity contribution is 7.90. The van der Waals surface area contributed by atoms with Crippen LogP contribution >= 0.6 is 11.3 Å². The molecule has 0 saturated carbocycles. The van der Waals surface area contributed by atoms with Crippen LogP contribution in [0, 0.1) is 6.92 Å². The molecule has 168 valence electrons. The van der Waals surface area contributed by atoms with Crippen LogP contribution in [0.2, 0.25) is 0 Å². The Labute approximate surface area is 190 Å². The van der Waals surface area contributed by atoms with Crippen LogP contribution in [0.1, 0.15) is 52.3 Å². The molecular formula is C23H25N3O4S2. The van der Waals surface area contributed by atoms with Gasteiger partial charge in [0.2, 0.25) is 0 Å². The van der Waals surface area contributed by atoms with Crippen LogP contribution in [0.15, 0.2) is 27.9 Å². The topological polar surface area (TPSA) is 89.3 Å². The quantitative estimate of drug-likeness (QED) is 0.571. The van der Waals surface area contributed by atoms with Gasteiger partial charge in [-0.05, 0) is 61.9 Å². The lowest BCUT2D eigenvalue weighted by atomic mass is 10.0. The highest BCUT2D eigenvalue weighted by Gasteiger charge is 2.29. The molecule has 2 aromatic heterocycles. The van der Waals surface area contributed by atoms with Crippen molar-refractivity contribution < 1.29 is 13.2 Å². The molecule has 0 aliphatic carbocycles. The van der Waals surface area contributed by atoms with Crippen molar-refractivity contribution in [3.05, 3.63) is 50.4 Å². The van der Waals surface area contributed by atoms with Gasteiger partial charge < -0.3 is 4.90 Å². The maximum absolute atomic E-state index is 13.6. The normalized spacial score (nSPS) is 16.5. The largest absolute Gasteiger partial charge is 0.307 e. The van der Waals surface area contributed by atoms with Gasteiger partial charge in [-0.3, -0.25) is 14.2 Å². The number of benzene rings is 1. The summed E-state index contributed by atoms with van der Waals surface area (Å²) in [7, 11) is -3.31. The van der Waals surface area contributed by atoms with Crippen molar-refractivity contribution in [2.75, 3.05) is 17.7 Å². The number of amides is 1. The van der Waals surface area contributed by atoms with Crippen LogP contribution in [0.4, 0.5) is 5.69 Å². The summed E-state index contributed by atoms with van der Waals surface area (Å²) in [5.41, 5.74) is 2.24. The molecule has 0 N–H and O–H groups in total. The number of rotatable bonds is 2. The zero-order chi connectivity index (χ0) is 22.6. The van der Waals surface area contributed by atoms with Gasteiger partial charge in [0.25, 0.3) is 11.5 Å². The molecule has 0 unspecified atom stereocenters. The molecule has 0 fully saturated rings. The lowest BCUT2D eigenvalue weighted by Crippen LogP contribution is -2.35. The van der Waals surface area contributed by atoms with Gasteiger partial charge >= 0.3 is 0 Å². The van der Waals surface area contributed by atoms with Crippen molar-refractivity contribution in [1.29, 1.82) is 0 Å². The van der Waals surface area contributed by atoms with E-state index < -0.39 is 9.84 Å². The summed E-state index contributed by atoms with van der Waals surface area (Å²) in [4.78, 5) is 34.8. The second kappa shape index (κ2) is 7.81. The van der Waals surface area contributed by atoms with Gasteiger partial charge in [0.15, 0.2) is 9.84 Å². The molecule has 3 aromatic rings. The van der Waals surface area contributed by atoms with Crippen LogP contribution in [0.25, 0.3) is 10.2 Å². The molecule has 0 radical (unpaired) electrons. The van der Waals surface area contributed by atoms with E-state index in [1.165, 1.54) is 17.6 Å². The van der Waals surface area contributed by atoms with E-state index in [0.29, 0.717) is 33.7 Å². The number of aromatic nitrogens is 2. The number of fused-ring (bicyclic) bond motifs is 3. The second-order valence-corrected chi connectivity index (χ2v) is 11.7. The van der Waals surface area contributed by atoms with Gasteiger partial charge in [-0.1, -0.05) is 6.42 Å². The number of nitrogens with zero attached hydrogens (tertiary/aromatic N) is 3. The molecule has 1 amide bonds. The number of anilines is 1. The lowest BCUT2D eigenvalue weighted by Gasteiger charge is -2.29. The molecule has 0 spiro atoms. The first-order chi connectivity index (χ1) is 15.3. The third-order valence-corrected chi connectivity index (χ3v) is 8.73. The third kappa shape index (κ3) is 3.47. The average molecular weight is 472 g/mol. The first-order valence-corrected chi connectivity index (χ1v) is 13.6.